The van der Waals surface area contributed by atoms with Crippen molar-refractivity contribution in [2.45, 2.75) is 13.3 Å². The molecule has 0 aromatic heterocycles. The van der Waals surface area contributed by atoms with Crippen molar-refractivity contribution in [3.05, 3.63) is 0 Å². The predicted molar refractivity (Wildman–Crippen MR) is 19.5 cm³/mol. The van der Waals surface area contributed by atoms with E-state index in [2.05, 4.69) is 5.73 Å². The van der Waals surface area contributed by atoms with Gasteiger partial charge in [0, 0.05) is 10.5 Å². The van der Waals surface area contributed by atoms with E-state index < -0.39 is 19.2 Å². The topological polar surface area (TPSA) is 43.1 Å². The van der Waals surface area contributed by atoms with E-state index in [1.54, 1.807) is 0 Å². The summed E-state index contributed by atoms with van der Waals surface area (Å²) >= 11 is 0. The van der Waals surface area contributed by atoms with Crippen molar-refractivity contribution in [2.75, 3.05) is 0 Å². The van der Waals surface area contributed by atoms with Gasteiger partial charge in [-0.25, -0.2) is 0 Å². The summed E-state index contributed by atoms with van der Waals surface area (Å²) in [6, 6.07) is 0. The number of carbonyl (C=O) groups excluding carboxylic acids is 1. The third-order valence-electron chi connectivity index (χ3n) is 0.174. The standard InChI is InChI=1S/C3H7NO/c1-2-3(4)5/h2H2,1H3,(H2,4,5)/i1D3. The highest BCUT2D eigenvalue weighted by Gasteiger charge is 1.77. The molecule has 0 bridgehead atoms. The Morgan fingerprint density at radius 2 is 3.00 bits per heavy atom. The van der Waals surface area contributed by atoms with Crippen molar-refractivity contribution in [1.29, 1.82) is 0 Å². The third-order valence-corrected chi connectivity index (χ3v) is 0.174. The number of amides is 1. The number of rotatable bonds is 1. The van der Waals surface area contributed by atoms with Crippen LogP contribution in [0.5, 0.6) is 0 Å². The van der Waals surface area contributed by atoms with Crippen LogP contribution in [0, 0.1) is 0 Å². The lowest BCUT2D eigenvalue weighted by Crippen LogP contribution is -2.06. The van der Waals surface area contributed by atoms with Gasteiger partial charge >= 0.3 is 0 Å². The summed E-state index contributed by atoms with van der Waals surface area (Å²) in [6.45, 7) is -2.20. The van der Waals surface area contributed by atoms with Gasteiger partial charge in [0.2, 0.25) is 5.91 Å². The number of nitrogens with two attached hydrogens (primary N) is 1. The van der Waals surface area contributed by atoms with E-state index in [1.807, 2.05) is 0 Å². The lowest BCUT2D eigenvalue weighted by Gasteiger charge is -1.73. The van der Waals surface area contributed by atoms with Gasteiger partial charge in [-0.1, -0.05) is 6.85 Å². The first-order valence-electron chi connectivity index (χ1n) is 2.70. The summed E-state index contributed by atoms with van der Waals surface area (Å²) in [6.07, 6.45) is -0.535. The summed E-state index contributed by atoms with van der Waals surface area (Å²) < 4.78 is 19.5. The van der Waals surface area contributed by atoms with Gasteiger partial charge in [-0.15, -0.1) is 0 Å². The molecule has 0 aliphatic rings. The van der Waals surface area contributed by atoms with Gasteiger partial charge in [0.15, 0.2) is 0 Å². The minimum Gasteiger partial charge on any atom is -0.370 e. The molecule has 0 aromatic carbocycles. The molecule has 0 heterocycles. The van der Waals surface area contributed by atoms with Gasteiger partial charge in [-0.2, -0.15) is 0 Å². The second-order valence-electron chi connectivity index (χ2n) is 0.643. The van der Waals surface area contributed by atoms with Crippen LogP contribution in [-0.4, -0.2) is 5.91 Å². The molecule has 5 heavy (non-hydrogen) atoms. The molecule has 30 valence electrons. The van der Waals surface area contributed by atoms with Gasteiger partial charge in [0.05, 0.1) is 0 Å². The van der Waals surface area contributed by atoms with E-state index in [1.165, 1.54) is 0 Å². The maximum atomic E-state index is 9.88. The zero-order valence-corrected chi connectivity index (χ0v) is 2.69. The Kier molecular flexibility index (Phi) is 0.452. The van der Waals surface area contributed by atoms with Gasteiger partial charge in [0.1, 0.15) is 0 Å². The molecule has 0 saturated carbocycles. The summed E-state index contributed by atoms with van der Waals surface area (Å²) in [5.74, 6) is -0.787. The quantitative estimate of drug-likeness (QED) is 0.465. The molecule has 2 heteroatoms. The molecule has 0 radical (unpaired) electrons. The van der Waals surface area contributed by atoms with Crippen LogP contribution < -0.4 is 5.73 Å². The Morgan fingerprint density at radius 1 is 2.40 bits per heavy atom. The normalized spacial score (nSPS) is 18.8. The van der Waals surface area contributed by atoms with Crippen LogP contribution in [0.3, 0.4) is 0 Å². The monoisotopic (exact) mass is 76.1 g/mol. The Morgan fingerprint density at radius 3 is 3.00 bits per heavy atom. The molecule has 0 rings (SSSR count). The van der Waals surface area contributed by atoms with Crippen molar-refractivity contribution >= 4 is 5.91 Å². The predicted octanol–water partition coefficient (Wildman–Crippen LogP) is -0.118. The van der Waals surface area contributed by atoms with Crippen LogP contribution in [0.25, 0.3) is 0 Å². The van der Waals surface area contributed by atoms with Crippen molar-refractivity contribution < 1.29 is 8.91 Å². The molecule has 2 N–H and O–H groups in total. The van der Waals surface area contributed by atoms with E-state index in [-0.39, 0.29) is 0 Å². The van der Waals surface area contributed by atoms with Gasteiger partial charge in [-0.3, -0.25) is 4.79 Å². The van der Waals surface area contributed by atoms with Crippen LogP contribution in [0.15, 0.2) is 0 Å². The number of carbonyl (C=O) groups is 1. The zero-order valence-electron chi connectivity index (χ0n) is 5.69. The van der Waals surface area contributed by atoms with Crippen molar-refractivity contribution in [3.63, 3.8) is 0 Å². The van der Waals surface area contributed by atoms with Crippen LogP contribution in [0.4, 0.5) is 0 Å². The fourth-order valence-corrected chi connectivity index (χ4v) is 0. The van der Waals surface area contributed by atoms with E-state index in [0.717, 1.165) is 0 Å². The lowest BCUT2D eigenvalue weighted by molar-refractivity contribution is -0.117. The summed E-state index contributed by atoms with van der Waals surface area (Å²) in [4.78, 5) is 9.88. The number of primary amides is 1. The SMILES string of the molecule is [2H]C([2H])([2H])CC(N)=O. The summed E-state index contributed by atoms with van der Waals surface area (Å²) in [5.41, 5.74) is 4.58. The highest BCUT2D eigenvalue weighted by Crippen LogP contribution is 1.63. The summed E-state index contributed by atoms with van der Waals surface area (Å²) in [7, 11) is 0. The second kappa shape index (κ2) is 1.76. The maximum Gasteiger partial charge on any atom is 0.217 e. The Labute approximate surface area is 35.2 Å². The first kappa shape index (κ1) is 1.29. The number of hydrogen-bond acceptors (Lipinski definition) is 1. The number of hydrogen-bond donors (Lipinski definition) is 1. The highest BCUT2D eigenvalue weighted by atomic mass is 16.1. The first-order chi connectivity index (χ1) is 3.42. The molecular weight excluding hydrogens is 66.0 g/mol. The third kappa shape index (κ3) is 3.47. The summed E-state index contributed by atoms with van der Waals surface area (Å²) in [5, 5.41) is 0. The smallest absolute Gasteiger partial charge is 0.217 e. The van der Waals surface area contributed by atoms with E-state index in [9.17, 15) is 4.79 Å². The molecule has 0 saturated heterocycles. The molecular formula is C3H7NO. The largest absolute Gasteiger partial charge is 0.370 e. The van der Waals surface area contributed by atoms with Crippen LogP contribution >= 0.6 is 0 Å². The lowest BCUT2D eigenvalue weighted by atomic mass is 10.5. The zero-order chi connectivity index (χ0) is 6.78. The van der Waals surface area contributed by atoms with Crippen molar-refractivity contribution in [3.8, 4) is 0 Å². The molecule has 0 atom stereocenters. The second-order valence-corrected chi connectivity index (χ2v) is 0.643. The van der Waals surface area contributed by atoms with Gasteiger partial charge in [0.25, 0.3) is 0 Å². The van der Waals surface area contributed by atoms with E-state index >= 15 is 0 Å². The molecule has 0 aliphatic heterocycles. The molecule has 0 unspecified atom stereocenters. The molecule has 0 spiro atoms. The van der Waals surface area contributed by atoms with Gasteiger partial charge < -0.3 is 5.73 Å². The van der Waals surface area contributed by atoms with Crippen molar-refractivity contribution in [1.82, 2.24) is 0 Å². The van der Waals surface area contributed by atoms with Crippen LogP contribution in [-0.2, 0) is 4.79 Å². The molecule has 0 fully saturated rings. The Hall–Kier alpha value is -0.530. The molecule has 2 nitrogen and oxygen atoms in total. The van der Waals surface area contributed by atoms with E-state index in [4.69, 9.17) is 4.11 Å². The Bertz CT molecular complexity index is 97.2. The first-order valence-corrected chi connectivity index (χ1v) is 1.20. The van der Waals surface area contributed by atoms with Gasteiger partial charge in [-0.05, 0) is 0 Å². The van der Waals surface area contributed by atoms with Crippen molar-refractivity contribution in [2.24, 2.45) is 5.73 Å². The minimum atomic E-state index is -2.20. The molecule has 0 aromatic rings. The molecule has 0 aliphatic carbocycles. The average molecular weight is 76.1 g/mol. The Balaban J connectivity index is 3.55. The maximum absolute atomic E-state index is 9.88. The average Bonchev–Trinajstić information content (AvgIpc) is 1.21. The minimum absolute atomic E-state index is 0.535. The van der Waals surface area contributed by atoms with Crippen LogP contribution in [0.2, 0.25) is 0 Å². The fraction of sp³-hybridized carbons (Fsp3) is 0.667. The highest BCUT2D eigenvalue weighted by molar-refractivity contribution is 5.73. The molecule has 1 amide bonds. The fourth-order valence-electron chi connectivity index (χ4n) is 0. The van der Waals surface area contributed by atoms with Crippen LogP contribution in [0.1, 0.15) is 17.4 Å². The van der Waals surface area contributed by atoms with E-state index in [0.29, 0.717) is 0 Å².